The van der Waals surface area contributed by atoms with Crippen molar-refractivity contribution in [3.05, 3.63) is 68.1 Å². The summed E-state index contributed by atoms with van der Waals surface area (Å²) in [5.74, 6) is -1.15. The highest BCUT2D eigenvalue weighted by molar-refractivity contribution is 7.10. The first kappa shape index (κ1) is 34.5. The van der Waals surface area contributed by atoms with Crippen LogP contribution in [-0.2, 0) is 16.0 Å². The van der Waals surface area contributed by atoms with Crippen LogP contribution in [0.3, 0.4) is 0 Å². The normalized spacial score (nSPS) is 20.6. The number of piperidine rings is 1. The molecule has 2 aliphatic rings. The SMILES string of the molecule is CC(C)[C@@H]1NC(=O)c2csc(n2)C(Cc2ccccc2)NC(=O)CN(C(=O)C2CCNCC2)CCCNC(=O)c2csc1n2.Cl. The summed E-state index contributed by atoms with van der Waals surface area (Å²) in [5, 5.41) is 17.0. The van der Waals surface area contributed by atoms with E-state index in [-0.39, 0.29) is 65.8 Å². The molecule has 2 atom stereocenters. The van der Waals surface area contributed by atoms with Gasteiger partial charge in [-0.15, -0.1) is 35.1 Å². The molecule has 4 bridgehead atoms. The summed E-state index contributed by atoms with van der Waals surface area (Å²) >= 11 is 2.64. The van der Waals surface area contributed by atoms with Gasteiger partial charge in [0.05, 0.1) is 18.6 Å². The van der Waals surface area contributed by atoms with Gasteiger partial charge in [-0.05, 0) is 50.3 Å². The van der Waals surface area contributed by atoms with Gasteiger partial charge in [-0.25, -0.2) is 9.97 Å². The zero-order valence-corrected chi connectivity index (χ0v) is 27.9. The molecule has 11 nitrogen and oxygen atoms in total. The van der Waals surface area contributed by atoms with Gasteiger partial charge in [0.15, 0.2) is 0 Å². The second-order valence-corrected chi connectivity index (χ2v) is 13.3. The van der Waals surface area contributed by atoms with Gasteiger partial charge in [0.2, 0.25) is 11.8 Å². The smallest absolute Gasteiger partial charge is 0.271 e. The molecule has 0 spiro atoms. The molecule has 3 aromatic rings. The topological polar surface area (TPSA) is 145 Å². The van der Waals surface area contributed by atoms with E-state index in [1.807, 2.05) is 44.2 Å². The Morgan fingerprint density at radius 1 is 0.933 bits per heavy atom. The highest BCUT2D eigenvalue weighted by atomic mass is 35.5. The number of rotatable bonds is 4. The fourth-order valence-corrected chi connectivity index (χ4v) is 7.31. The monoisotopic (exact) mass is 673 g/mol. The molecule has 1 unspecified atom stereocenters. The molecule has 0 radical (unpaired) electrons. The number of carbonyl (C=O) groups is 4. The van der Waals surface area contributed by atoms with Gasteiger partial charge < -0.3 is 26.2 Å². The molecule has 242 valence electrons. The Labute approximate surface area is 277 Å². The van der Waals surface area contributed by atoms with E-state index in [1.54, 1.807) is 15.7 Å². The summed E-state index contributed by atoms with van der Waals surface area (Å²) in [6, 6.07) is 8.89. The average molecular weight is 674 g/mol. The molecule has 0 saturated carbocycles. The third-order valence-electron chi connectivity index (χ3n) is 7.87. The molecule has 4 amide bonds. The molecule has 45 heavy (non-hydrogen) atoms. The van der Waals surface area contributed by atoms with Crippen LogP contribution < -0.4 is 21.3 Å². The van der Waals surface area contributed by atoms with Crippen LogP contribution in [0, 0.1) is 11.8 Å². The summed E-state index contributed by atoms with van der Waals surface area (Å²) < 4.78 is 0. The number of benzene rings is 1. The molecule has 1 fully saturated rings. The molecule has 14 heteroatoms. The van der Waals surface area contributed by atoms with Crippen molar-refractivity contribution < 1.29 is 19.2 Å². The zero-order chi connectivity index (χ0) is 31.1. The van der Waals surface area contributed by atoms with Gasteiger partial charge in [0.25, 0.3) is 11.8 Å². The van der Waals surface area contributed by atoms with Crippen molar-refractivity contribution in [3.63, 3.8) is 0 Å². The Morgan fingerprint density at radius 3 is 2.31 bits per heavy atom. The van der Waals surface area contributed by atoms with Crippen LogP contribution in [0.5, 0.6) is 0 Å². The van der Waals surface area contributed by atoms with Crippen LogP contribution in [0.1, 0.15) is 81.7 Å². The Hall–Kier alpha value is -3.39. The summed E-state index contributed by atoms with van der Waals surface area (Å²) in [7, 11) is 0. The Balaban J connectivity index is 0.00000461. The first-order chi connectivity index (χ1) is 21.3. The molecule has 2 aliphatic heterocycles. The summed E-state index contributed by atoms with van der Waals surface area (Å²) in [5.41, 5.74) is 1.54. The number of hydrogen-bond donors (Lipinski definition) is 4. The first-order valence-electron chi connectivity index (χ1n) is 15.1. The maximum absolute atomic E-state index is 13.6. The molecular formula is C31H40ClN7O4S2. The van der Waals surface area contributed by atoms with Crippen LogP contribution in [0.15, 0.2) is 41.1 Å². The second-order valence-electron chi connectivity index (χ2n) is 11.5. The summed E-state index contributed by atoms with van der Waals surface area (Å²) in [6.07, 6.45) is 2.40. The standard InChI is InChI=1S/C31H39N7O4S2.ClH/c1-19(2)26-30-36-23(17-44-30)27(40)33-11-6-14-38(31(42)21-9-12-32-13-10-21)16-25(39)34-22(15-20-7-4-3-5-8-20)29-35-24(18-43-29)28(41)37-26;/h3-5,7-8,17-19,21-22,26,32H,6,9-16H2,1-2H3,(H,33,40)(H,34,39)(H,37,41);1H/t22?,26-;/m0./s1. The van der Waals surface area contributed by atoms with Crippen molar-refractivity contribution in [1.82, 2.24) is 36.1 Å². The number of thiazole rings is 2. The molecule has 2 aromatic heterocycles. The van der Waals surface area contributed by atoms with Crippen molar-refractivity contribution in [3.8, 4) is 0 Å². The first-order valence-corrected chi connectivity index (χ1v) is 16.9. The van der Waals surface area contributed by atoms with E-state index in [9.17, 15) is 19.2 Å². The predicted molar refractivity (Wildman–Crippen MR) is 177 cm³/mol. The third kappa shape index (κ3) is 9.09. The van der Waals surface area contributed by atoms with E-state index in [1.165, 1.54) is 22.7 Å². The number of amides is 4. The van der Waals surface area contributed by atoms with Crippen molar-refractivity contribution in [2.45, 2.75) is 51.6 Å². The second kappa shape index (κ2) is 16.3. The lowest BCUT2D eigenvalue weighted by atomic mass is 9.96. The van der Waals surface area contributed by atoms with Gasteiger partial charge >= 0.3 is 0 Å². The van der Waals surface area contributed by atoms with Crippen molar-refractivity contribution in [2.75, 3.05) is 32.7 Å². The van der Waals surface area contributed by atoms with Crippen LogP contribution in [-0.4, -0.2) is 71.2 Å². The number of halogens is 1. The van der Waals surface area contributed by atoms with E-state index in [2.05, 4.69) is 31.2 Å². The van der Waals surface area contributed by atoms with Crippen molar-refractivity contribution >= 4 is 58.7 Å². The lowest BCUT2D eigenvalue weighted by Crippen LogP contribution is -2.47. The van der Waals surface area contributed by atoms with E-state index in [4.69, 9.17) is 0 Å². The number of aromatic nitrogens is 2. The lowest BCUT2D eigenvalue weighted by molar-refractivity contribution is -0.140. The number of fused-ring (bicyclic) bond motifs is 4. The molecule has 5 rings (SSSR count). The highest BCUT2D eigenvalue weighted by Gasteiger charge is 2.30. The van der Waals surface area contributed by atoms with Crippen LogP contribution in [0.2, 0.25) is 0 Å². The number of nitrogens with zero attached hydrogens (tertiary/aromatic N) is 3. The minimum Gasteiger partial charge on any atom is -0.351 e. The van der Waals surface area contributed by atoms with Crippen LogP contribution in [0.4, 0.5) is 0 Å². The van der Waals surface area contributed by atoms with Crippen molar-refractivity contribution in [2.24, 2.45) is 11.8 Å². The maximum Gasteiger partial charge on any atom is 0.271 e. The molecule has 1 aromatic carbocycles. The van der Waals surface area contributed by atoms with Gasteiger partial charge in [-0.1, -0.05) is 44.2 Å². The van der Waals surface area contributed by atoms with Gasteiger partial charge in [0, 0.05) is 29.8 Å². The zero-order valence-electron chi connectivity index (χ0n) is 25.4. The molecule has 1 saturated heterocycles. The Morgan fingerprint density at radius 2 is 1.60 bits per heavy atom. The van der Waals surface area contributed by atoms with Gasteiger partial charge in [0.1, 0.15) is 21.4 Å². The largest absolute Gasteiger partial charge is 0.351 e. The van der Waals surface area contributed by atoms with Crippen LogP contribution in [0.25, 0.3) is 0 Å². The number of hydrogen-bond acceptors (Lipinski definition) is 9. The minimum absolute atomic E-state index is 0. The van der Waals surface area contributed by atoms with Gasteiger partial charge in [-0.3, -0.25) is 19.2 Å². The van der Waals surface area contributed by atoms with E-state index in [0.29, 0.717) is 35.9 Å². The van der Waals surface area contributed by atoms with E-state index < -0.39 is 12.1 Å². The fourth-order valence-electron chi connectivity index (χ4n) is 5.44. The lowest BCUT2D eigenvalue weighted by Gasteiger charge is -2.30. The minimum atomic E-state index is -0.490. The van der Waals surface area contributed by atoms with E-state index in [0.717, 1.165) is 31.5 Å². The quantitative estimate of drug-likeness (QED) is 0.332. The van der Waals surface area contributed by atoms with Crippen LogP contribution >= 0.6 is 35.1 Å². The Bertz CT molecular complexity index is 1460. The van der Waals surface area contributed by atoms with Gasteiger partial charge in [-0.2, -0.15) is 0 Å². The molecular weight excluding hydrogens is 634 g/mol. The number of nitrogens with one attached hydrogen (secondary N) is 4. The predicted octanol–water partition coefficient (Wildman–Crippen LogP) is 3.51. The Kier molecular flexibility index (Phi) is 12.5. The molecule has 4 heterocycles. The maximum atomic E-state index is 13.6. The van der Waals surface area contributed by atoms with Crippen molar-refractivity contribution in [1.29, 1.82) is 0 Å². The summed E-state index contributed by atoms with van der Waals surface area (Å²) in [4.78, 5) is 64.2. The third-order valence-corrected chi connectivity index (χ3v) is 9.76. The molecule has 4 N–H and O–H groups in total. The molecule has 0 aliphatic carbocycles. The summed E-state index contributed by atoms with van der Waals surface area (Å²) in [6.45, 7) is 6.04. The number of carbonyl (C=O) groups excluding carboxylic acids is 4. The fraction of sp³-hybridized carbons (Fsp3) is 0.484. The average Bonchev–Trinajstić information content (AvgIpc) is 3.72. The highest BCUT2D eigenvalue weighted by Crippen LogP contribution is 2.27. The van der Waals surface area contributed by atoms with E-state index >= 15 is 0 Å².